The van der Waals surface area contributed by atoms with Crippen molar-refractivity contribution in [2.75, 3.05) is 7.11 Å². The van der Waals surface area contributed by atoms with Gasteiger partial charge in [-0.15, -0.1) is 0 Å². The van der Waals surface area contributed by atoms with Crippen molar-refractivity contribution in [3.05, 3.63) is 58.6 Å². The zero-order valence-electron chi connectivity index (χ0n) is 12.2. The van der Waals surface area contributed by atoms with Crippen molar-refractivity contribution in [3.63, 3.8) is 0 Å². The smallest absolute Gasteiger partial charge is 0.346 e. The van der Waals surface area contributed by atoms with Crippen LogP contribution >= 0.6 is 0 Å². The van der Waals surface area contributed by atoms with Gasteiger partial charge in [-0.2, -0.15) is 0 Å². The molecule has 2 aromatic carbocycles. The summed E-state index contributed by atoms with van der Waals surface area (Å²) in [6.45, 7) is 1.59. The van der Waals surface area contributed by atoms with Crippen molar-refractivity contribution < 1.29 is 19.2 Å². The van der Waals surface area contributed by atoms with Gasteiger partial charge in [0.15, 0.2) is 6.10 Å². The number of hydrogen-bond donors (Lipinski definition) is 0. The van der Waals surface area contributed by atoms with E-state index in [1.807, 2.05) is 0 Å². The van der Waals surface area contributed by atoms with Crippen molar-refractivity contribution in [1.29, 1.82) is 0 Å². The van der Waals surface area contributed by atoms with E-state index in [9.17, 15) is 14.9 Å². The molecular weight excluding hydrogens is 286 g/mol. The number of ether oxygens (including phenoxy) is 2. The molecule has 0 saturated carbocycles. The Morgan fingerprint density at radius 2 is 1.77 bits per heavy atom. The molecule has 0 amide bonds. The monoisotopic (exact) mass is 301 g/mol. The third-order valence-electron chi connectivity index (χ3n) is 3.11. The van der Waals surface area contributed by atoms with Crippen LogP contribution in [0.25, 0.3) is 11.1 Å². The summed E-state index contributed by atoms with van der Waals surface area (Å²) in [5.41, 5.74) is 1.27. The first-order chi connectivity index (χ1) is 10.5. The van der Waals surface area contributed by atoms with E-state index in [1.165, 1.54) is 13.2 Å². The summed E-state index contributed by atoms with van der Waals surface area (Å²) in [7, 11) is 1.29. The van der Waals surface area contributed by atoms with Gasteiger partial charge < -0.3 is 9.47 Å². The van der Waals surface area contributed by atoms with Crippen LogP contribution in [0.5, 0.6) is 5.75 Å². The first-order valence-electron chi connectivity index (χ1n) is 6.61. The average Bonchev–Trinajstić information content (AvgIpc) is 2.54. The van der Waals surface area contributed by atoms with E-state index in [4.69, 9.17) is 4.74 Å². The maximum atomic E-state index is 11.3. The van der Waals surface area contributed by atoms with Gasteiger partial charge in [-0.05, 0) is 30.7 Å². The fourth-order valence-corrected chi connectivity index (χ4v) is 2.01. The summed E-state index contributed by atoms with van der Waals surface area (Å²) in [4.78, 5) is 21.9. The lowest BCUT2D eigenvalue weighted by molar-refractivity contribution is -0.384. The number of methoxy groups -OCH3 is 1. The molecule has 0 aromatic heterocycles. The predicted molar refractivity (Wildman–Crippen MR) is 80.6 cm³/mol. The highest BCUT2D eigenvalue weighted by atomic mass is 16.6. The van der Waals surface area contributed by atoms with Crippen LogP contribution in [0.3, 0.4) is 0 Å². The molecule has 114 valence electrons. The summed E-state index contributed by atoms with van der Waals surface area (Å²) in [6.07, 6.45) is -0.720. The van der Waals surface area contributed by atoms with E-state index in [-0.39, 0.29) is 5.69 Å². The van der Waals surface area contributed by atoms with Gasteiger partial charge in [0.25, 0.3) is 5.69 Å². The summed E-state index contributed by atoms with van der Waals surface area (Å²) in [5.74, 6) is 0.0167. The summed E-state index contributed by atoms with van der Waals surface area (Å²) in [5, 5.41) is 11.0. The second-order valence-electron chi connectivity index (χ2n) is 4.58. The largest absolute Gasteiger partial charge is 0.479 e. The van der Waals surface area contributed by atoms with Gasteiger partial charge in [0, 0.05) is 6.07 Å². The molecule has 0 unspecified atom stereocenters. The molecule has 6 nitrogen and oxygen atoms in total. The minimum Gasteiger partial charge on any atom is -0.479 e. The SMILES string of the molecule is COC(=O)[C@@H](C)Oc1ccc(-c2ccccc2[N+](=O)[O-])cc1. The molecule has 1 atom stereocenters. The van der Waals surface area contributed by atoms with Crippen LogP contribution < -0.4 is 4.74 Å². The van der Waals surface area contributed by atoms with E-state index < -0.39 is 17.0 Å². The molecule has 2 rings (SSSR count). The number of para-hydroxylation sites is 1. The van der Waals surface area contributed by atoms with Crippen molar-refractivity contribution in [2.24, 2.45) is 0 Å². The van der Waals surface area contributed by atoms with Gasteiger partial charge in [-0.25, -0.2) is 4.79 Å². The number of nitro benzene ring substituents is 1. The van der Waals surface area contributed by atoms with Gasteiger partial charge >= 0.3 is 5.97 Å². The molecule has 0 aliphatic rings. The number of carbonyl (C=O) groups excluding carboxylic acids is 1. The number of rotatable bonds is 5. The first-order valence-corrected chi connectivity index (χ1v) is 6.61. The number of nitro groups is 1. The van der Waals surface area contributed by atoms with E-state index in [0.29, 0.717) is 16.9 Å². The summed E-state index contributed by atoms with van der Waals surface area (Å²) >= 11 is 0. The zero-order valence-corrected chi connectivity index (χ0v) is 12.2. The minimum atomic E-state index is -0.720. The maximum absolute atomic E-state index is 11.3. The van der Waals surface area contributed by atoms with Crippen LogP contribution in [0.15, 0.2) is 48.5 Å². The molecule has 0 bridgehead atoms. The normalized spacial score (nSPS) is 11.5. The molecule has 0 fully saturated rings. The molecule has 0 aliphatic carbocycles. The maximum Gasteiger partial charge on any atom is 0.346 e. The number of esters is 1. The Kier molecular flexibility index (Phi) is 4.73. The Morgan fingerprint density at radius 3 is 2.36 bits per heavy atom. The molecular formula is C16H15NO5. The van der Waals surface area contributed by atoms with Crippen LogP contribution in [-0.2, 0) is 9.53 Å². The van der Waals surface area contributed by atoms with Crippen LogP contribution in [0.1, 0.15) is 6.92 Å². The standard InChI is InChI=1S/C16H15NO5/c1-11(16(18)21-2)22-13-9-7-12(8-10-13)14-5-3-4-6-15(14)17(19)20/h3-11H,1-2H3/t11-/m1/s1. The van der Waals surface area contributed by atoms with E-state index >= 15 is 0 Å². The minimum absolute atomic E-state index is 0.0408. The molecule has 2 aromatic rings. The van der Waals surface area contributed by atoms with E-state index in [0.717, 1.165) is 0 Å². The second-order valence-corrected chi connectivity index (χ2v) is 4.58. The quantitative estimate of drug-likeness (QED) is 0.481. The van der Waals surface area contributed by atoms with Crippen molar-refractivity contribution in [3.8, 4) is 16.9 Å². The molecule has 0 N–H and O–H groups in total. The first kappa shape index (κ1) is 15.5. The Labute approximate surface area is 127 Å². The molecule has 0 heterocycles. The van der Waals surface area contributed by atoms with Gasteiger partial charge in [0.05, 0.1) is 17.6 Å². The van der Waals surface area contributed by atoms with Crippen LogP contribution in [-0.4, -0.2) is 24.1 Å². The lowest BCUT2D eigenvalue weighted by Gasteiger charge is -2.12. The number of nitrogens with zero attached hydrogens (tertiary/aromatic N) is 1. The Balaban J connectivity index is 2.23. The molecule has 0 radical (unpaired) electrons. The fraction of sp³-hybridized carbons (Fsp3) is 0.188. The van der Waals surface area contributed by atoms with Crippen molar-refractivity contribution in [2.45, 2.75) is 13.0 Å². The lowest BCUT2D eigenvalue weighted by atomic mass is 10.0. The van der Waals surface area contributed by atoms with Gasteiger partial charge in [0.1, 0.15) is 5.75 Å². The predicted octanol–water partition coefficient (Wildman–Crippen LogP) is 3.20. The van der Waals surface area contributed by atoms with Crippen LogP contribution in [0.2, 0.25) is 0 Å². The van der Waals surface area contributed by atoms with E-state index in [1.54, 1.807) is 49.4 Å². The lowest BCUT2D eigenvalue weighted by Crippen LogP contribution is -2.24. The zero-order chi connectivity index (χ0) is 16.1. The van der Waals surface area contributed by atoms with Gasteiger partial charge in [-0.1, -0.05) is 24.3 Å². The fourth-order valence-electron chi connectivity index (χ4n) is 2.01. The average molecular weight is 301 g/mol. The number of hydrogen-bond acceptors (Lipinski definition) is 5. The molecule has 0 spiro atoms. The van der Waals surface area contributed by atoms with Crippen molar-refractivity contribution in [1.82, 2.24) is 0 Å². The topological polar surface area (TPSA) is 78.7 Å². The molecule has 0 aliphatic heterocycles. The highest BCUT2D eigenvalue weighted by molar-refractivity contribution is 5.75. The molecule has 0 saturated heterocycles. The molecule has 22 heavy (non-hydrogen) atoms. The number of benzene rings is 2. The van der Waals surface area contributed by atoms with Gasteiger partial charge in [-0.3, -0.25) is 10.1 Å². The van der Waals surface area contributed by atoms with Crippen LogP contribution in [0.4, 0.5) is 5.69 Å². The molecule has 6 heteroatoms. The highest BCUT2D eigenvalue weighted by Crippen LogP contribution is 2.30. The van der Waals surface area contributed by atoms with E-state index in [2.05, 4.69) is 4.74 Å². The third kappa shape index (κ3) is 3.41. The Morgan fingerprint density at radius 1 is 1.14 bits per heavy atom. The summed E-state index contributed by atoms with van der Waals surface area (Å²) in [6, 6.07) is 13.2. The van der Waals surface area contributed by atoms with Gasteiger partial charge in [0.2, 0.25) is 0 Å². The second kappa shape index (κ2) is 6.71. The third-order valence-corrected chi connectivity index (χ3v) is 3.11. The summed E-state index contributed by atoms with van der Waals surface area (Å²) < 4.78 is 10.0. The Bertz CT molecular complexity index is 681. The number of carbonyl (C=O) groups is 1. The van der Waals surface area contributed by atoms with Crippen LogP contribution in [0, 0.1) is 10.1 Å². The highest BCUT2D eigenvalue weighted by Gasteiger charge is 2.16. The van der Waals surface area contributed by atoms with Crippen molar-refractivity contribution >= 4 is 11.7 Å². The Hall–Kier alpha value is -2.89.